The molecule has 0 N–H and O–H groups in total. The Balaban J connectivity index is 2.64. The number of rotatable bonds is 3. The Bertz CT molecular complexity index is 700. The van der Waals surface area contributed by atoms with Crippen LogP contribution in [0.15, 0.2) is 23.6 Å². The third-order valence-corrected chi connectivity index (χ3v) is 3.96. The maximum Gasteiger partial charge on any atom is 0.296 e. The maximum absolute atomic E-state index is 11.6. The third-order valence-electron chi connectivity index (χ3n) is 2.84. The van der Waals surface area contributed by atoms with Gasteiger partial charge in [0.2, 0.25) is 0 Å². The van der Waals surface area contributed by atoms with Crippen LogP contribution in [0.4, 0.5) is 0 Å². The molecule has 0 aromatic carbocycles. The van der Waals surface area contributed by atoms with Crippen molar-refractivity contribution in [2.45, 2.75) is 44.4 Å². The summed E-state index contributed by atoms with van der Waals surface area (Å²) in [6, 6.07) is 1.52. The normalized spacial score (nSPS) is 14.4. The van der Waals surface area contributed by atoms with Crippen molar-refractivity contribution in [3.05, 3.63) is 24.3 Å². The molecule has 0 aliphatic carbocycles. The fourth-order valence-corrected chi connectivity index (χ4v) is 2.99. The van der Waals surface area contributed by atoms with Crippen molar-refractivity contribution in [1.82, 2.24) is 24.5 Å². The van der Waals surface area contributed by atoms with Gasteiger partial charge in [0.25, 0.3) is 14.2 Å². The third kappa shape index (κ3) is 2.71. The monoisotopic (exact) mass is 317 g/mol. The van der Waals surface area contributed by atoms with Crippen LogP contribution in [0.2, 0.25) is 0 Å². The van der Waals surface area contributed by atoms with E-state index in [1.165, 1.54) is 4.57 Å². The van der Waals surface area contributed by atoms with Crippen LogP contribution in [-0.2, 0) is 14.6 Å². The van der Waals surface area contributed by atoms with Gasteiger partial charge in [-0.3, -0.25) is 9.25 Å². The van der Waals surface area contributed by atoms with Gasteiger partial charge in [-0.2, -0.15) is 5.10 Å². The van der Waals surface area contributed by atoms with Crippen molar-refractivity contribution in [3.8, 4) is 0 Å². The molecule has 0 spiro atoms. The molecule has 0 aliphatic rings. The zero-order chi connectivity index (χ0) is 15.1. The second-order valence-electron chi connectivity index (χ2n) is 5.45. The highest BCUT2D eigenvalue weighted by molar-refractivity contribution is 8.13. The van der Waals surface area contributed by atoms with E-state index in [9.17, 15) is 8.42 Å². The van der Waals surface area contributed by atoms with E-state index in [1.54, 1.807) is 23.1 Å². The minimum atomic E-state index is -3.97. The number of nitrogens with zero attached hydrogens (tertiary/aromatic N) is 5. The van der Waals surface area contributed by atoms with E-state index in [2.05, 4.69) is 15.3 Å². The molecular weight excluding hydrogens is 302 g/mol. The van der Waals surface area contributed by atoms with Crippen LogP contribution in [-0.4, -0.2) is 33.0 Å². The fraction of sp³-hybridized carbons (Fsp3) is 0.545. The zero-order valence-electron chi connectivity index (χ0n) is 11.6. The molecule has 0 fully saturated rings. The summed E-state index contributed by atoms with van der Waals surface area (Å²) < 4.78 is 26.5. The van der Waals surface area contributed by atoms with Crippen LogP contribution in [0.3, 0.4) is 0 Å². The van der Waals surface area contributed by atoms with E-state index in [-0.39, 0.29) is 11.2 Å². The lowest BCUT2D eigenvalue weighted by atomic mass is 10.1. The van der Waals surface area contributed by atoms with Gasteiger partial charge in [0, 0.05) is 28.6 Å². The molecule has 0 amide bonds. The molecule has 20 heavy (non-hydrogen) atoms. The van der Waals surface area contributed by atoms with Crippen LogP contribution in [0, 0.1) is 0 Å². The largest absolute Gasteiger partial charge is 0.296 e. The Kier molecular flexibility index (Phi) is 3.64. The van der Waals surface area contributed by atoms with Crippen molar-refractivity contribution in [2.75, 3.05) is 0 Å². The quantitative estimate of drug-likeness (QED) is 0.806. The van der Waals surface area contributed by atoms with Crippen LogP contribution < -0.4 is 0 Å². The summed E-state index contributed by atoms with van der Waals surface area (Å²) in [7, 11) is 1.47. The Morgan fingerprint density at radius 2 is 1.95 bits per heavy atom. The molecule has 0 radical (unpaired) electrons. The first kappa shape index (κ1) is 15.0. The van der Waals surface area contributed by atoms with E-state index in [0.717, 1.165) is 0 Å². The minimum Gasteiger partial charge on any atom is -0.294 e. The average Bonchev–Trinajstić information content (AvgIpc) is 2.95. The number of aromatic nitrogens is 5. The van der Waals surface area contributed by atoms with E-state index < -0.39 is 14.6 Å². The molecule has 0 aliphatic heterocycles. The summed E-state index contributed by atoms with van der Waals surface area (Å²) in [6.45, 7) is 7.45. The summed E-state index contributed by atoms with van der Waals surface area (Å²) in [5.74, 6) is 0.487. The van der Waals surface area contributed by atoms with Gasteiger partial charge in [-0.05, 0) is 33.8 Å². The molecule has 0 bridgehead atoms. The van der Waals surface area contributed by atoms with Crippen molar-refractivity contribution < 1.29 is 8.42 Å². The van der Waals surface area contributed by atoms with Crippen LogP contribution in [0.1, 0.15) is 39.6 Å². The van der Waals surface area contributed by atoms with E-state index in [0.29, 0.717) is 5.82 Å². The summed E-state index contributed by atoms with van der Waals surface area (Å²) in [5.41, 5.74) is -0.530. The molecule has 1 atom stereocenters. The summed E-state index contributed by atoms with van der Waals surface area (Å²) >= 11 is 0. The topological polar surface area (TPSA) is 82.7 Å². The van der Waals surface area contributed by atoms with Crippen LogP contribution >= 0.6 is 10.7 Å². The summed E-state index contributed by atoms with van der Waals surface area (Å²) in [4.78, 5) is 0. The Morgan fingerprint density at radius 1 is 1.30 bits per heavy atom. The first-order valence-electron chi connectivity index (χ1n) is 6.02. The summed E-state index contributed by atoms with van der Waals surface area (Å²) in [6.07, 6.45) is 3.43. The number of hydrogen-bond acceptors (Lipinski definition) is 5. The fourth-order valence-electron chi connectivity index (χ4n) is 1.97. The first-order valence-corrected chi connectivity index (χ1v) is 8.33. The molecule has 9 heteroatoms. The van der Waals surface area contributed by atoms with E-state index >= 15 is 0 Å². The Hall–Kier alpha value is -1.41. The first-order chi connectivity index (χ1) is 9.12. The van der Waals surface area contributed by atoms with Gasteiger partial charge >= 0.3 is 0 Å². The van der Waals surface area contributed by atoms with Crippen molar-refractivity contribution in [1.29, 1.82) is 0 Å². The summed E-state index contributed by atoms with van der Waals surface area (Å²) in [5, 5.41) is 11.6. The van der Waals surface area contributed by atoms with Crippen molar-refractivity contribution in [3.63, 3.8) is 0 Å². The van der Waals surface area contributed by atoms with Gasteiger partial charge in [0.15, 0.2) is 5.82 Å². The van der Waals surface area contributed by atoms with Gasteiger partial charge in [-0.1, -0.05) is 0 Å². The van der Waals surface area contributed by atoms with Gasteiger partial charge in [-0.15, -0.1) is 10.2 Å². The van der Waals surface area contributed by atoms with E-state index in [4.69, 9.17) is 10.7 Å². The number of halogens is 1. The molecule has 7 nitrogen and oxygen atoms in total. The molecule has 2 aromatic rings. The molecule has 0 saturated carbocycles. The molecule has 2 heterocycles. The zero-order valence-corrected chi connectivity index (χ0v) is 13.2. The maximum atomic E-state index is 11.6. The second-order valence-corrected chi connectivity index (χ2v) is 7.91. The van der Waals surface area contributed by atoms with Gasteiger partial charge in [0.05, 0.1) is 0 Å². The molecule has 2 aromatic heterocycles. The highest BCUT2D eigenvalue weighted by Gasteiger charge is 2.32. The average molecular weight is 318 g/mol. The Morgan fingerprint density at radius 3 is 2.40 bits per heavy atom. The molecule has 2 rings (SSSR count). The van der Waals surface area contributed by atoms with Crippen LogP contribution in [0.25, 0.3) is 0 Å². The Labute approximate surface area is 122 Å². The van der Waals surface area contributed by atoms with Crippen molar-refractivity contribution >= 4 is 19.7 Å². The lowest BCUT2D eigenvalue weighted by Crippen LogP contribution is -2.29. The standard InChI is InChI=1S/C11H16ClN5O2S/c1-8(16-7-5-6-13-16)9-14-15-10(20(12,18)19)17(9)11(2,3)4/h5-8H,1-4H3. The SMILES string of the molecule is CC(c1nnc(S(=O)(=O)Cl)n1C(C)(C)C)n1cccn1. The second kappa shape index (κ2) is 4.85. The van der Waals surface area contributed by atoms with Gasteiger partial charge in [-0.25, -0.2) is 8.42 Å². The molecule has 110 valence electrons. The van der Waals surface area contributed by atoms with Gasteiger partial charge in [0.1, 0.15) is 6.04 Å². The lowest BCUT2D eigenvalue weighted by molar-refractivity contribution is 0.335. The van der Waals surface area contributed by atoms with E-state index in [1.807, 2.05) is 27.7 Å². The predicted octanol–water partition coefficient (Wildman–Crippen LogP) is 1.77. The molecular formula is C11H16ClN5O2S. The predicted molar refractivity (Wildman–Crippen MR) is 74.1 cm³/mol. The minimum absolute atomic E-state index is 0.249. The number of hydrogen-bond donors (Lipinski definition) is 0. The van der Waals surface area contributed by atoms with Crippen LogP contribution in [0.5, 0.6) is 0 Å². The lowest BCUT2D eigenvalue weighted by Gasteiger charge is -2.26. The molecule has 0 saturated heterocycles. The highest BCUT2D eigenvalue weighted by atomic mass is 35.7. The van der Waals surface area contributed by atoms with Crippen molar-refractivity contribution in [2.24, 2.45) is 0 Å². The van der Waals surface area contributed by atoms with Gasteiger partial charge < -0.3 is 0 Å². The smallest absolute Gasteiger partial charge is 0.294 e. The molecule has 1 unspecified atom stereocenters. The highest BCUT2D eigenvalue weighted by Crippen LogP contribution is 2.27.